The molecule has 0 aromatic carbocycles. The van der Waals surface area contributed by atoms with Crippen LogP contribution in [0, 0.1) is 0 Å². The van der Waals surface area contributed by atoms with Gasteiger partial charge in [0.1, 0.15) is 0 Å². The zero-order valence-corrected chi connectivity index (χ0v) is 33.0. The Morgan fingerprint density at radius 3 is 1.67 bits per heavy atom. The van der Waals surface area contributed by atoms with Crippen LogP contribution in [0.25, 0.3) is 16.7 Å². The van der Waals surface area contributed by atoms with Crippen LogP contribution in [-0.4, -0.2) is 105 Å². The second-order valence-electron chi connectivity index (χ2n) is 14.4. The molecule has 0 amide bonds. The molecule has 52 heavy (non-hydrogen) atoms. The fourth-order valence-corrected chi connectivity index (χ4v) is 7.05. The highest BCUT2D eigenvalue weighted by Crippen LogP contribution is 2.33. The van der Waals surface area contributed by atoms with E-state index in [1.54, 1.807) is 7.11 Å². The summed E-state index contributed by atoms with van der Waals surface area (Å²) in [5.74, 6) is 0. The predicted molar refractivity (Wildman–Crippen MR) is 217 cm³/mol. The van der Waals surface area contributed by atoms with Crippen LogP contribution in [-0.2, 0) is 4.74 Å². The molecule has 1 aliphatic carbocycles. The number of rotatable bonds is 10. The van der Waals surface area contributed by atoms with Gasteiger partial charge in [0.25, 0.3) is 0 Å². The van der Waals surface area contributed by atoms with E-state index >= 15 is 0 Å². The van der Waals surface area contributed by atoms with E-state index in [0.717, 1.165) is 69.7 Å². The van der Waals surface area contributed by atoms with Crippen molar-refractivity contribution in [2.45, 2.75) is 106 Å². The molecule has 3 aromatic rings. The monoisotopic (exact) mass is 743 g/mol. The first-order valence-corrected chi connectivity index (χ1v) is 18.4. The molecule has 0 fully saturated rings. The number of hydrogen-bond acceptors (Lipinski definition) is 8. The van der Waals surface area contributed by atoms with Gasteiger partial charge in [-0.15, -0.1) is 12.4 Å². The fourth-order valence-electron chi connectivity index (χ4n) is 7.05. The standard InChI is InChI=1S/C14H23N3O.C13H20N2O.C12H19N3O.CH4.ClH/c1-11(2)17-14(5-7-15-17)13-9-16(3)8-6-12(13)10-18-4;1-10(2)15-13(7-8-14-15)12-6-4-3-5-11(12)9-16;1-9(2)15-12(4-6-14-15)11-7-13-5-3-10(11)8-16;;/h5,7,11H,6,8-10H2,1-4H3;7-8,10,16H,3-6,9H2,1-2H3;4,6,9,13,16H,3,5,7-8H2,1-2H3;1H4;1H. The Morgan fingerprint density at radius 2 is 1.17 bits per heavy atom. The molecule has 3 aliphatic rings. The first kappa shape index (κ1) is 45.1. The van der Waals surface area contributed by atoms with Gasteiger partial charge < -0.3 is 25.2 Å². The maximum Gasteiger partial charge on any atom is 0.0680 e. The predicted octanol–water partition coefficient (Wildman–Crippen LogP) is 7.24. The molecular formula is C40H67ClN8O3. The summed E-state index contributed by atoms with van der Waals surface area (Å²) >= 11 is 0. The van der Waals surface area contributed by atoms with Crippen molar-refractivity contribution in [3.8, 4) is 0 Å². The molecule has 0 saturated carbocycles. The van der Waals surface area contributed by atoms with Gasteiger partial charge in [0.2, 0.25) is 0 Å². The molecule has 0 unspecified atom stereocenters. The Kier molecular flexibility index (Phi) is 19.3. The lowest BCUT2D eigenvalue weighted by molar-refractivity contribution is 0.217. The number of aromatic nitrogens is 6. The van der Waals surface area contributed by atoms with Gasteiger partial charge >= 0.3 is 0 Å². The Hall–Kier alpha value is -3.06. The van der Waals surface area contributed by atoms with E-state index in [0.29, 0.717) is 18.1 Å². The molecule has 3 aromatic heterocycles. The van der Waals surface area contributed by atoms with Gasteiger partial charge in [-0.3, -0.25) is 14.0 Å². The third kappa shape index (κ3) is 11.5. The van der Waals surface area contributed by atoms with Crippen molar-refractivity contribution in [2.24, 2.45) is 0 Å². The van der Waals surface area contributed by atoms with E-state index in [1.807, 2.05) is 29.3 Å². The normalized spacial score (nSPS) is 16.8. The van der Waals surface area contributed by atoms with Crippen LogP contribution in [0.4, 0.5) is 0 Å². The Labute approximate surface area is 319 Å². The summed E-state index contributed by atoms with van der Waals surface area (Å²) < 4.78 is 11.5. The number of methoxy groups -OCH3 is 1. The summed E-state index contributed by atoms with van der Waals surface area (Å²) in [6, 6.07) is 7.32. The van der Waals surface area contributed by atoms with E-state index in [2.05, 4.69) is 95.6 Å². The first-order valence-electron chi connectivity index (χ1n) is 18.4. The molecule has 0 radical (unpaired) electrons. The van der Waals surface area contributed by atoms with Crippen molar-refractivity contribution in [2.75, 3.05) is 60.2 Å². The van der Waals surface area contributed by atoms with Crippen molar-refractivity contribution in [1.82, 2.24) is 39.6 Å². The molecule has 0 bridgehead atoms. The Balaban J connectivity index is 0.000000266. The molecular weight excluding hydrogens is 676 g/mol. The second-order valence-corrected chi connectivity index (χ2v) is 14.4. The number of likely N-dealkylation sites (N-methyl/N-ethyl adjacent to an activating group) is 1. The van der Waals surface area contributed by atoms with E-state index in [9.17, 15) is 10.2 Å². The minimum atomic E-state index is 0. The average Bonchev–Trinajstić information content (AvgIpc) is 3.91. The number of aliphatic hydroxyl groups is 2. The summed E-state index contributed by atoms with van der Waals surface area (Å²) in [4.78, 5) is 2.35. The highest BCUT2D eigenvalue weighted by Gasteiger charge is 2.22. The third-order valence-corrected chi connectivity index (χ3v) is 9.67. The van der Waals surface area contributed by atoms with E-state index in [1.165, 1.54) is 52.1 Å². The van der Waals surface area contributed by atoms with Crippen molar-refractivity contribution in [3.05, 3.63) is 70.6 Å². The van der Waals surface area contributed by atoms with Crippen molar-refractivity contribution < 1.29 is 14.9 Å². The van der Waals surface area contributed by atoms with Crippen LogP contribution < -0.4 is 5.32 Å². The molecule has 5 heterocycles. The SMILES string of the molecule is C.CC(C)n1nccc1C1=C(CO)CCCC1.CC(C)n1nccc1C1=C(CO)CCNC1.COCC1=C(c2ccnn2C(C)C)CN(C)CC1.Cl. The largest absolute Gasteiger partial charge is 0.392 e. The summed E-state index contributed by atoms with van der Waals surface area (Å²) in [6.07, 6.45) is 12.1. The van der Waals surface area contributed by atoms with Crippen molar-refractivity contribution in [3.63, 3.8) is 0 Å². The maximum absolute atomic E-state index is 9.40. The summed E-state index contributed by atoms with van der Waals surface area (Å²) in [5, 5.41) is 35.2. The highest BCUT2D eigenvalue weighted by molar-refractivity contribution is 5.85. The van der Waals surface area contributed by atoms with Gasteiger partial charge in [0.05, 0.1) is 36.9 Å². The maximum atomic E-state index is 9.40. The van der Waals surface area contributed by atoms with E-state index in [4.69, 9.17) is 4.74 Å². The topological polar surface area (TPSA) is 118 Å². The molecule has 0 spiro atoms. The van der Waals surface area contributed by atoms with Crippen LogP contribution in [0.3, 0.4) is 0 Å². The smallest absolute Gasteiger partial charge is 0.0680 e. The fraction of sp³-hybridized carbons (Fsp3) is 0.625. The Morgan fingerprint density at radius 1 is 0.692 bits per heavy atom. The third-order valence-electron chi connectivity index (χ3n) is 9.67. The average molecular weight is 743 g/mol. The van der Waals surface area contributed by atoms with Crippen LogP contribution in [0.2, 0.25) is 0 Å². The number of hydrogen-bond donors (Lipinski definition) is 3. The van der Waals surface area contributed by atoms with Crippen LogP contribution in [0.1, 0.15) is 123 Å². The quantitative estimate of drug-likeness (QED) is 0.199. The molecule has 6 rings (SSSR count). The zero-order chi connectivity index (χ0) is 36.2. The van der Waals surface area contributed by atoms with Crippen molar-refractivity contribution >= 4 is 29.1 Å². The minimum absolute atomic E-state index is 0. The minimum Gasteiger partial charge on any atom is -0.392 e. The summed E-state index contributed by atoms with van der Waals surface area (Å²) in [5.41, 5.74) is 11.2. The van der Waals surface area contributed by atoms with Gasteiger partial charge in [-0.25, -0.2) is 0 Å². The van der Waals surface area contributed by atoms with Gasteiger partial charge in [-0.05, 0) is 145 Å². The van der Waals surface area contributed by atoms with Gasteiger partial charge in [0.15, 0.2) is 0 Å². The second kappa shape index (κ2) is 22.2. The van der Waals surface area contributed by atoms with Crippen molar-refractivity contribution in [1.29, 1.82) is 0 Å². The first-order chi connectivity index (χ1) is 24.1. The van der Waals surface area contributed by atoms with E-state index in [-0.39, 0.29) is 33.0 Å². The molecule has 0 atom stereocenters. The number of aliphatic hydroxyl groups excluding tert-OH is 2. The lowest BCUT2D eigenvalue weighted by atomic mass is 9.90. The lowest BCUT2D eigenvalue weighted by Gasteiger charge is -2.28. The molecule has 12 heteroatoms. The molecule has 0 saturated heterocycles. The van der Waals surface area contributed by atoms with Gasteiger partial charge in [0, 0.05) is 63.5 Å². The van der Waals surface area contributed by atoms with Gasteiger partial charge in [-0.1, -0.05) is 7.43 Å². The number of halogens is 1. The van der Waals surface area contributed by atoms with Gasteiger partial charge in [-0.2, -0.15) is 15.3 Å². The highest BCUT2D eigenvalue weighted by atomic mass is 35.5. The number of allylic oxidation sites excluding steroid dienone is 1. The van der Waals surface area contributed by atoms with Crippen LogP contribution in [0.15, 0.2) is 53.5 Å². The molecule has 2 aliphatic heterocycles. The lowest BCUT2D eigenvalue weighted by Crippen LogP contribution is -2.29. The van der Waals surface area contributed by atoms with E-state index < -0.39 is 0 Å². The number of nitrogens with one attached hydrogen (secondary N) is 1. The molecule has 3 N–H and O–H groups in total. The molecule has 11 nitrogen and oxygen atoms in total. The molecule has 292 valence electrons. The summed E-state index contributed by atoms with van der Waals surface area (Å²) in [6.45, 7) is 17.8. The zero-order valence-electron chi connectivity index (χ0n) is 32.2. The van der Waals surface area contributed by atoms with Crippen LogP contribution >= 0.6 is 12.4 Å². The number of nitrogens with zero attached hydrogens (tertiary/aromatic N) is 7. The number of ether oxygens (including phenoxy) is 1. The van der Waals surface area contributed by atoms with Crippen LogP contribution in [0.5, 0.6) is 0 Å². The Bertz CT molecular complexity index is 1520. The summed E-state index contributed by atoms with van der Waals surface area (Å²) in [7, 11) is 3.93.